The van der Waals surface area contributed by atoms with Crippen molar-refractivity contribution in [2.24, 2.45) is 11.8 Å². The monoisotopic (exact) mass is 292 g/mol. The molecule has 0 aliphatic carbocycles. The molecule has 0 bridgehead atoms. The molecule has 1 aliphatic rings. The lowest BCUT2D eigenvalue weighted by atomic mass is 9.94. The first-order valence-corrected chi connectivity index (χ1v) is 6.96. The second kappa shape index (κ2) is 6.11. The zero-order chi connectivity index (χ0) is 15.6. The topological polar surface area (TPSA) is 79.7 Å². The van der Waals surface area contributed by atoms with Gasteiger partial charge in [-0.2, -0.15) is 0 Å². The maximum atomic E-state index is 12.1. The lowest BCUT2D eigenvalue weighted by molar-refractivity contribution is -0.142. The van der Waals surface area contributed by atoms with E-state index in [0.717, 1.165) is 5.56 Å². The number of carboxylic acids is 1. The highest BCUT2D eigenvalue weighted by Gasteiger charge is 2.44. The Hall–Kier alpha value is -2.11. The van der Waals surface area contributed by atoms with Gasteiger partial charge in [0.05, 0.1) is 19.1 Å². The van der Waals surface area contributed by atoms with Crippen LogP contribution in [-0.4, -0.2) is 40.5 Å². The Balaban J connectivity index is 2.35. The van der Waals surface area contributed by atoms with E-state index in [1.807, 2.05) is 13.8 Å². The molecular formula is C15H20N2O4. The van der Waals surface area contributed by atoms with E-state index >= 15 is 0 Å². The van der Waals surface area contributed by atoms with Crippen LogP contribution in [0, 0.1) is 11.8 Å². The van der Waals surface area contributed by atoms with Crippen LogP contribution in [0.2, 0.25) is 0 Å². The minimum Gasteiger partial charge on any atom is -0.481 e. The quantitative estimate of drug-likeness (QED) is 0.894. The van der Waals surface area contributed by atoms with Crippen LogP contribution in [0.1, 0.15) is 31.9 Å². The van der Waals surface area contributed by atoms with Crippen LogP contribution in [0.25, 0.3) is 0 Å². The number of ether oxygens (including phenoxy) is 1. The molecule has 1 N–H and O–H groups in total. The molecular weight excluding hydrogens is 272 g/mol. The van der Waals surface area contributed by atoms with E-state index in [4.69, 9.17) is 4.74 Å². The van der Waals surface area contributed by atoms with Crippen molar-refractivity contribution in [3.05, 3.63) is 23.9 Å². The number of carbonyl (C=O) groups excluding carboxylic acids is 1. The molecule has 114 valence electrons. The van der Waals surface area contributed by atoms with Crippen LogP contribution in [0.4, 0.5) is 0 Å². The van der Waals surface area contributed by atoms with Gasteiger partial charge in [-0.1, -0.05) is 19.9 Å². The fourth-order valence-electron chi connectivity index (χ4n) is 2.72. The maximum absolute atomic E-state index is 12.1. The van der Waals surface area contributed by atoms with Crippen molar-refractivity contribution in [1.29, 1.82) is 0 Å². The minimum absolute atomic E-state index is 0.0404. The van der Waals surface area contributed by atoms with Gasteiger partial charge in [0.25, 0.3) is 0 Å². The van der Waals surface area contributed by atoms with Gasteiger partial charge < -0.3 is 14.7 Å². The van der Waals surface area contributed by atoms with Gasteiger partial charge >= 0.3 is 5.97 Å². The first-order chi connectivity index (χ1) is 9.93. The van der Waals surface area contributed by atoms with Crippen molar-refractivity contribution in [2.75, 3.05) is 13.7 Å². The molecule has 1 aromatic rings. The van der Waals surface area contributed by atoms with Gasteiger partial charge in [-0.3, -0.25) is 9.59 Å². The molecule has 0 spiro atoms. The fourth-order valence-corrected chi connectivity index (χ4v) is 2.72. The van der Waals surface area contributed by atoms with Crippen molar-refractivity contribution < 1.29 is 19.4 Å². The van der Waals surface area contributed by atoms with E-state index in [2.05, 4.69) is 4.98 Å². The van der Waals surface area contributed by atoms with E-state index < -0.39 is 17.9 Å². The van der Waals surface area contributed by atoms with Gasteiger partial charge in [0.15, 0.2) is 0 Å². The second-order valence-corrected chi connectivity index (χ2v) is 5.67. The second-order valence-electron chi connectivity index (χ2n) is 5.67. The summed E-state index contributed by atoms with van der Waals surface area (Å²) in [7, 11) is 1.52. The molecule has 1 saturated heterocycles. The average Bonchev–Trinajstić information content (AvgIpc) is 2.76. The molecule has 6 nitrogen and oxygen atoms in total. The Labute approximate surface area is 123 Å². The summed E-state index contributed by atoms with van der Waals surface area (Å²) >= 11 is 0. The zero-order valence-electron chi connectivity index (χ0n) is 12.4. The molecule has 2 unspecified atom stereocenters. The van der Waals surface area contributed by atoms with E-state index in [9.17, 15) is 14.7 Å². The zero-order valence-corrected chi connectivity index (χ0v) is 12.4. The van der Waals surface area contributed by atoms with Crippen molar-refractivity contribution in [1.82, 2.24) is 9.88 Å². The summed E-state index contributed by atoms with van der Waals surface area (Å²) in [5.74, 6) is -1.06. The number of carbonyl (C=O) groups is 2. The van der Waals surface area contributed by atoms with Crippen LogP contribution < -0.4 is 4.74 Å². The number of aliphatic carboxylic acids is 1. The first-order valence-electron chi connectivity index (χ1n) is 6.96. The van der Waals surface area contributed by atoms with Crippen LogP contribution in [0.15, 0.2) is 18.3 Å². The summed E-state index contributed by atoms with van der Waals surface area (Å²) in [4.78, 5) is 29.4. The molecule has 0 radical (unpaired) electrons. The Bertz CT molecular complexity index is 527. The molecule has 0 aromatic carbocycles. The molecule has 1 aliphatic heterocycles. The smallest absolute Gasteiger partial charge is 0.309 e. The van der Waals surface area contributed by atoms with E-state index in [-0.39, 0.29) is 18.2 Å². The standard InChI is InChI=1S/C15H20N2O4/c1-9(2)8-17-13(18)6-11(15(19)20)14(17)10-4-5-12(21-3)16-7-10/h4-5,7,9,11,14H,6,8H2,1-3H3,(H,19,20). The van der Waals surface area contributed by atoms with Gasteiger partial charge in [0.2, 0.25) is 11.8 Å². The number of rotatable bonds is 5. The van der Waals surface area contributed by atoms with E-state index in [0.29, 0.717) is 12.4 Å². The largest absolute Gasteiger partial charge is 0.481 e. The molecule has 1 amide bonds. The summed E-state index contributed by atoms with van der Waals surface area (Å²) < 4.78 is 5.01. The van der Waals surface area contributed by atoms with Crippen LogP contribution in [0.3, 0.4) is 0 Å². The van der Waals surface area contributed by atoms with Gasteiger partial charge in [-0.05, 0) is 11.5 Å². The number of aromatic nitrogens is 1. The van der Waals surface area contributed by atoms with Crippen molar-refractivity contribution in [2.45, 2.75) is 26.3 Å². The summed E-state index contributed by atoms with van der Waals surface area (Å²) in [5, 5.41) is 9.39. The minimum atomic E-state index is -0.949. The average molecular weight is 292 g/mol. The molecule has 1 aromatic heterocycles. The summed E-state index contributed by atoms with van der Waals surface area (Å²) in [6.45, 7) is 4.55. The summed E-state index contributed by atoms with van der Waals surface area (Å²) in [5.41, 5.74) is 0.731. The number of methoxy groups -OCH3 is 1. The fraction of sp³-hybridized carbons (Fsp3) is 0.533. The lowest BCUT2D eigenvalue weighted by Gasteiger charge is -2.28. The predicted molar refractivity (Wildman–Crippen MR) is 75.8 cm³/mol. The number of pyridine rings is 1. The first kappa shape index (κ1) is 15.3. The molecule has 6 heteroatoms. The number of carboxylic acid groups (broad SMARTS) is 1. The highest BCUT2D eigenvalue weighted by molar-refractivity contribution is 5.87. The SMILES string of the molecule is COc1ccc(C2C(C(=O)O)CC(=O)N2CC(C)C)cn1. The van der Waals surface area contributed by atoms with Crippen LogP contribution in [-0.2, 0) is 9.59 Å². The van der Waals surface area contributed by atoms with Crippen LogP contribution >= 0.6 is 0 Å². The third-order valence-corrected chi connectivity index (χ3v) is 3.62. The van der Waals surface area contributed by atoms with Crippen molar-refractivity contribution >= 4 is 11.9 Å². The highest BCUT2D eigenvalue weighted by atomic mass is 16.5. The van der Waals surface area contributed by atoms with Crippen molar-refractivity contribution in [3.8, 4) is 5.88 Å². The number of hydrogen-bond donors (Lipinski definition) is 1. The molecule has 1 fully saturated rings. The molecule has 2 atom stereocenters. The van der Waals surface area contributed by atoms with E-state index in [1.165, 1.54) is 7.11 Å². The predicted octanol–water partition coefficient (Wildman–Crippen LogP) is 1.72. The van der Waals surface area contributed by atoms with Gasteiger partial charge in [-0.15, -0.1) is 0 Å². The Kier molecular flexibility index (Phi) is 4.45. The van der Waals surface area contributed by atoms with Crippen LogP contribution in [0.5, 0.6) is 5.88 Å². The Morgan fingerprint density at radius 2 is 2.24 bits per heavy atom. The molecule has 0 saturated carbocycles. The normalized spacial score (nSPS) is 21.9. The number of amides is 1. The molecule has 2 rings (SSSR count). The Morgan fingerprint density at radius 3 is 2.71 bits per heavy atom. The Morgan fingerprint density at radius 1 is 1.52 bits per heavy atom. The van der Waals surface area contributed by atoms with Gasteiger partial charge in [-0.25, -0.2) is 4.98 Å². The van der Waals surface area contributed by atoms with E-state index in [1.54, 1.807) is 23.2 Å². The number of nitrogens with zero attached hydrogens (tertiary/aromatic N) is 2. The maximum Gasteiger partial charge on any atom is 0.309 e. The molecule has 21 heavy (non-hydrogen) atoms. The lowest BCUT2D eigenvalue weighted by Crippen LogP contribution is -2.33. The third kappa shape index (κ3) is 3.15. The van der Waals surface area contributed by atoms with Gasteiger partial charge in [0, 0.05) is 25.2 Å². The highest BCUT2D eigenvalue weighted by Crippen LogP contribution is 2.38. The summed E-state index contributed by atoms with van der Waals surface area (Å²) in [6.07, 6.45) is 1.63. The summed E-state index contributed by atoms with van der Waals surface area (Å²) in [6, 6.07) is 3.00. The third-order valence-electron chi connectivity index (χ3n) is 3.62. The number of likely N-dealkylation sites (tertiary alicyclic amines) is 1. The van der Waals surface area contributed by atoms with Gasteiger partial charge in [0.1, 0.15) is 0 Å². The number of hydrogen-bond acceptors (Lipinski definition) is 4. The molecule has 2 heterocycles. The van der Waals surface area contributed by atoms with Crippen molar-refractivity contribution in [3.63, 3.8) is 0 Å².